The van der Waals surface area contributed by atoms with E-state index in [1.807, 2.05) is 4.90 Å². The number of β-amino-alcohol motifs (C(OH)–C–C–N with tert-alkyl or cyclic N) is 1. The van der Waals surface area contributed by atoms with Crippen molar-refractivity contribution in [3.63, 3.8) is 0 Å². The highest BCUT2D eigenvalue weighted by Gasteiger charge is 2.36. The molecule has 0 unspecified atom stereocenters. The van der Waals surface area contributed by atoms with Gasteiger partial charge in [0.1, 0.15) is 0 Å². The van der Waals surface area contributed by atoms with Crippen LogP contribution in [0.1, 0.15) is 43.4 Å². The van der Waals surface area contributed by atoms with Crippen LogP contribution in [0, 0.1) is 0 Å². The molecule has 128 valence electrons. The Morgan fingerprint density at radius 1 is 1.26 bits per heavy atom. The van der Waals surface area contributed by atoms with Crippen molar-refractivity contribution in [1.29, 1.82) is 0 Å². The van der Waals surface area contributed by atoms with Gasteiger partial charge in [-0.05, 0) is 63.1 Å². The molecule has 3 rings (SSSR count). The fourth-order valence-electron chi connectivity index (χ4n) is 3.84. The van der Waals surface area contributed by atoms with Crippen LogP contribution in [0.4, 0.5) is 0 Å². The predicted octanol–water partition coefficient (Wildman–Crippen LogP) is 2.52. The maximum atomic E-state index is 12.5. The van der Waals surface area contributed by atoms with Crippen molar-refractivity contribution >= 4 is 17.2 Å². The van der Waals surface area contributed by atoms with Gasteiger partial charge in [-0.15, -0.1) is 11.3 Å². The summed E-state index contributed by atoms with van der Waals surface area (Å²) in [6.45, 7) is 4.24. The molecule has 4 nitrogen and oxygen atoms in total. The van der Waals surface area contributed by atoms with Crippen molar-refractivity contribution in [2.45, 2.75) is 50.5 Å². The van der Waals surface area contributed by atoms with Crippen LogP contribution >= 0.6 is 11.3 Å². The highest BCUT2D eigenvalue weighted by molar-refractivity contribution is 7.09. The highest BCUT2D eigenvalue weighted by Crippen LogP contribution is 2.25. The molecule has 0 radical (unpaired) electrons. The third-order valence-corrected chi connectivity index (χ3v) is 5.95. The molecule has 0 aliphatic carbocycles. The maximum Gasteiger partial charge on any atom is 0.222 e. The third-order valence-electron chi connectivity index (χ3n) is 5.02. The normalized spacial score (nSPS) is 25.9. The van der Waals surface area contributed by atoms with Gasteiger partial charge in [-0.1, -0.05) is 6.07 Å². The Labute approximate surface area is 143 Å². The van der Waals surface area contributed by atoms with Crippen LogP contribution in [-0.2, 0) is 11.2 Å². The van der Waals surface area contributed by atoms with E-state index in [9.17, 15) is 9.90 Å². The summed E-state index contributed by atoms with van der Waals surface area (Å²) < 4.78 is 0. The van der Waals surface area contributed by atoms with Crippen LogP contribution in [0.2, 0.25) is 0 Å². The van der Waals surface area contributed by atoms with E-state index in [-0.39, 0.29) is 5.91 Å². The molecule has 2 saturated heterocycles. The number of nitrogens with zero attached hydrogens (tertiary/aromatic N) is 2. The standard InChI is InChI=1S/C18H28N2O2S/c21-17(8-3-6-16-7-4-13-23-16)20-12-5-9-18(22,15-20)14-19-10-1-2-11-19/h4,7,13,22H,1-3,5-6,8-12,14-15H2/t18-/m0/s1. The number of amides is 1. The first-order valence-electron chi connectivity index (χ1n) is 8.90. The second-order valence-electron chi connectivity index (χ2n) is 7.06. The van der Waals surface area contributed by atoms with Crippen LogP contribution in [0.15, 0.2) is 17.5 Å². The molecule has 2 fully saturated rings. The number of aliphatic hydroxyl groups is 1. The molecule has 0 bridgehead atoms. The molecule has 0 saturated carbocycles. The van der Waals surface area contributed by atoms with Gasteiger partial charge in [0.25, 0.3) is 0 Å². The highest BCUT2D eigenvalue weighted by atomic mass is 32.1. The Bertz CT molecular complexity index is 499. The molecule has 23 heavy (non-hydrogen) atoms. The van der Waals surface area contributed by atoms with Crippen molar-refractivity contribution in [3.05, 3.63) is 22.4 Å². The van der Waals surface area contributed by atoms with Crippen LogP contribution in [-0.4, -0.2) is 59.1 Å². The summed E-state index contributed by atoms with van der Waals surface area (Å²) >= 11 is 1.76. The van der Waals surface area contributed by atoms with E-state index < -0.39 is 5.60 Å². The number of carbonyl (C=O) groups is 1. The number of hydrogen-bond acceptors (Lipinski definition) is 4. The quantitative estimate of drug-likeness (QED) is 0.868. The number of thiophene rings is 1. The summed E-state index contributed by atoms with van der Waals surface area (Å²) in [4.78, 5) is 18.1. The van der Waals surface area contributed by atoms with E-state index in [1.54, 1.807) is 11.3 Å². The van der Waals surface area contributed by atoms with E-state index in [1.165, 1.54) is 17.7 Å². The first-order chi connectivity index (χ1) is 11.1. The Kier molecular flexibility index (Phi) is 5.72. The van der Waals surface area contributed by atoms with Gasteiger partial charge in [-0.25, -0.2) is 0 Å². The summed E-state index contributed by atoms with van der Waals surface area (Å²) in [6, 6.07) is 4.19. The Morgan fingerprint density at radius 2 is 2.09 bits per heavy atom. The van der Waals surface area contributed by atoms with Crippen LogP contribution < -0.4 is 0 Å². The lowest BCUT2D eigenvalue weighted by Crippen LogP contribution is -2.55. The molecule has 0 aromatic carbocycles. The van der Waals surface area contributed by atoms with Crippen LogP contribution in [0.25, 0.3) is 0 Å². The Hall–Kier alpha value is -0.910. The minimum absolute atomic E-state index is 0.209. The average molecular weight is 337 g/mol. The van der Waals surface area contributed by atoms with Crippen molar-refractivity contribution in [3.8, 4) is 0 Å². The zero-order valence-electron chi connectivity index (χ0n) is 13.9. The first-order valence-corrected chi connectivity index (χ1v) is 9.78. The minimum Gasteiger partial charge on any atom is -0.387 e. The molecule has 1 atom stereocenters. The SMILES string of the molecule is O=C(CCCc1cccs1)N1CCC[C@](O)(CN2CCCC2)C1. The van der Waals surface area contributed by atoms with Crippen molar-refractivity contribution < 1.29 is 9.90 Å². The van der Waals surface area contributed by atoms with E-state index in [2.05, 4.69) is 22.4 Å². The summed E-state index contributed by atoms with van der Waals surface area (Å²) in [7, 11) is 0. The lowest BCUT2D eigenvalue weighted by Gasteiger charge is -2.41. The molecule has 1 N–H and O–H groups in total. The molecule has 2 aliphatic rings. The average Bonchev–Trinajstić information content (AvgIpc) is 3.20. The third kappa shape index (κ3) is 4.78. The van der Waals surface area contributed by atoms with Gasteiger partial charge in [0.05, 0.1) is 12.1 Å². The number of rotatable bonds is 6. The van der Waals surface area contributed by atoms with Crippen molar-refractivity contribution in [2.75, 3.05) is 32.7 Å². The zero-order valence-corrected chi connectivity index (χ0v) is 14.7. The fourth-order valence-corrected chi connectivity index (χ4v) is 4.59. The van der Waals surface area contributed by atoms with Crippen LogP contribution in [0.5, 0.6) is 0 Å². The molecular formula is C18H28N2O2S. The van der Waals surface area contributed by atoms with E-state index in [0.717, 1.165) is 51.9 Å². The van der Waals surface area contributed by atoms with E-state index in [0.29, 0.717) is 13.0 Å². The zero-order chi connectivity index (χ0) is 16.1. The molecular weight excluding hydrogens is 308 g/mol. The van der Waals surface area contributed by atoms with Crippen molar-refractivity contribution in [1.82, 2.24) is 9.80 Å². The Balaban J connectivity index is 1.45. The first kappa shape index (κ1) is 16.9. The molecule has 1 amide bonds. The summed E-state index contributed by atoms with van der Waals surface area (Å²) in [5.74, 6) is 0.209. The summed E-state index contributed by atoms with van der Waals surface area (Å²) in [6.07, 6.45) is 6.69. The van der Waals surface area contributed by atoms with Gasteiger partial charge in [0.2, 0.25) is 5.91 Å². The topological polar surface area (TPSA) is 43.8 Å². The fraction of sp³-hybridized carbons (Fsp3) is 0.722. The lowest BCUT2D eigenvalue weighted by atomic mass is 9.92. The minimum atomic E-state index is -0.702. The number of aryl methyl sites for hydroxylation is 1. The number of carbonyl (C=O) groups excluding carboxylic acids is 1. The van der Waals surface area contributed by atoms with Gasteiger partial charge in [-0.3, -0.25) is 4.79 Å². The molecule has 2 aliphatic heterocycles. The monoisotopic (exact) mass is 336 g/mol. The molecule has 5 heteroatoms. The smallest absolute Gasteiger partial charge is 0.222 e. The molecule has 1 aromatic heterocycles. The van der Waals surface area contributed by atoms with Crippen LogP contribution in [0.3, 0.4) is 0 Å². The maximum absolute atomic E-state index is 12.5. The number of piperidine rings is 1. The number of hydrogen-bond donors (Lipinski definition) is 1. The van der Waals surface area contributed by atoms with Gasteiger partial charge < -0.3 is 14.9 Å². The Morgan fingerprint density at radius 3 is 2.83 bits per heavy atom. The van der Waals surface area contributed by atoms with Gasteiger partial charge in [0, 0.05) is 24.4 Å². The van der Waals surface area contributed by atoms with Gasteiger partial charge >= 0.3 is 0 Å². The molecule has 3 heterocycles. The summed E-state index contributed by atoms with van der Waals surface area (Å²) in [5.41, 5.74) is -0.702. The summed E-state index contributed by atoms with van der Waals surface area (Å²) in [5, 5.41) is 13.0. The second-order valence-corrected chi connectivity index (χ2v) is 8.09. The predicted molar refractivity (Wildman–Crippen MR) is 93.7 cm³/mol. The van der Waals surface area contributed by atoms with Gasteiger partial charge in [0.15, 0.2) is 0 Å². The van der Waals surface area contributed by atoms with E-state index >= 15 is 0 Å². The number of likely N-dealkylation sites (tertiary alicyclic amines) is 2. The molecule has 0 spiro atoms. The van der Waals surface area contributed by atoms with Gasteiger partial charge in [-0.2, -0.15) is 0 Å². The molecule has 1 aromatic rings. The van der Waals surface area contributed by atoms with E-state index in [4.69, 9.17) is 0 Å². The van der Waals surface area contributed by atoms with Crippen molar-refractivity contribution in [2.24, 2.45) is 0 Å². The largest absolute Gasteiger partial charge is 0.387 e. The lowest BCUT2D eigenvalue weighted by molar-refractivity contribution is -0.139. The second kappa shape index (κ2) is 7.77.